The molecule has 0 radical (unpaired) electrons. The smallest absolute Gasteiger partial charge is 0.242 e. The number of nitrogens with zero attached hydrogens (tertiary/aromatic N) is 1. The van der Waals surface area contributed by atoms with Crippen LogP contribution < -0.4 is 10.6 Å². The second-order valence-electron chi connectivity index (χ2n) is 6.35. The third kappa shape index (κ3) is 3.75. The Balaban J connectivity index is 1.60. The summed E-state index contributed by atoms with van der Waals surface area (Å²) in [7, 11) is 0. The number of rotatable bonds is 4. The van der Waals surface area contributed by atoms with Gasteiger partial charge in [-0.1, -0.05) is 6.92 Å². The molecule has 2 amide bonds. The van der Waals surface area contributed by atoms with Gasteiger partial charge in [0.2, 0.25) is 11.8 Å². The fourth-order valence-electron chi connectivity index (χ4n) is 3.62. The molecule has 0 spiro atoms. The maximum absolute atomic E-state index is 12.4. The van der Waals surface area contributed by atoms with Crippen LogP contribution in [-0.2, 0) is 16.0 Å². The van der Waals surface area contributed by atoms with Crippen molar-refractivity contribution in [2.24, 2.45) is 0 Å². The van der Waals surface area contributed by atoms with Gasteiger partial charge in [0.05, 0.1) is 6.54 Å². The summed E-state index contributed by atoms with van der Waals surface area (Å²) in [6.45, 7) is 4.17. The molecule has 1 aromatic heterocycles. The zero-order valence-electron chi connectivity index (χ0n) is 13.6. The normalized spacial score (nSPS) is 25.3. The first-order chi connectivity index (χ1) is 11.2. The number of amides is 2. The second-order valence-corrected chi connectivity index (χ2v) is 7.35. The van der Waals surface area contributed by atoms with Crippen molar-refractivity contribution in [2.45, 2.75) is 51.1 Å². The Morgan fingerprint density at radius 2 is 2.35 bits per heavy atom. The van der Waals surface area contributed by atoms with Gasteiger partial charge in [0.25, 0.3) is 0 Å². The standard InChI is InChI=1S/C17H25N3O2S/c1-2-14-12-7-10-23-15(12)6-9-20(14)11-16(21)19-13-5-3-4-8-18-17(13)22/h7,10,13-14H,2-6,8-9,11H2,1H3,(H,18,22)(H,19,21)/t13-,14+/m1/s1. The van der Waals surface area contributed by atoms with Gasteiger partial charge in [-0.15, -0.1) is 11.3 Å². The van der Waals surface area contributed by atoms with E-state index in [-0.39, 0.29) is 17.9 Å². The lowest BCUT2D eigenvalue weighted by molar-refractivity contribution is -0.129. The number of hydrogen-bond acceptors (Lipinski definition) is 4. The number of nitrogens with one attached hydrogen (secondary N) is 2. The van der Waals surface area contributed by atoms with Gasteiger partial charge in [-0.2, -0.15) is 0 Å². The Morgan fingerprint density at radius 3 is 3.17 bits per heavy atom. The number of carbonyl (C=O) groups excluding carboxylic acids is 2. The van der Waals surface area contributed by atoms with Crippen LogP contribution in [-0.4, -0.2) is 42.4 Å². The third-order valence-corrected chi connectivity index (χ3v) is 5.81. The second kappa shape index (κ2) is 7.45. The summed E-state index contributed by atoms with van der Waals surface area (Å²) in [4.78, 5) is 28.1. The Kier molecular flexibility index (Phi) is 5.33. The molecule has 126 valence electrons. The van der Waals surface area contributed by atoms with E-state index in [2.05, 4.69) is 33.9 Å². The molecule has 0 saturated carbocycles. The molecule has 0 bridgehead atoms. The predicted molar refractivity (Wildman–Crippen MR) is 91.4 cm³/mol. The van der Waals surface area contributed by atoms with Gasteiger partial charge in [0.15, 0.2) is 0 Å². The number of hydrogen-bond donors (Lipinski definition) is 2. The van der Waals surface area contributed by atoms with Gasteiger partial charge in [-0.25, -0.2) is 0 Å². The lowest BCUT2D eigenvalue weighted by Gasteiger charge is -2.35. The summed E-state index contributed by atoms with van der Waals surface area (Å²) in [6, 6.07) is 2.14. The summed E-state index contributed by atoms with van der Waals surface area (Å²) in [6.07, 6.45) is 4.72. The molecule has 1 aromatic rings. The van der Waals surface area contributed by atoms with E-state index < -0.39 is 0 Å². The van der Waals surface area contributed by atoms with E-state index in [1.54, 1.807) is 0 Å². The van der Waals surface area contributed by atoms with Gasteiger partial charge in [-0.3, -0.25) is 14.5 Å². The van der Waals surface area contributed by atoms with Crippen molar-refractivity contribution >= 4 is 23.2 Å². The predicted octanol–water partition coefficient (Wildman–Crippen LogP) is 1.84. The first-order valence-electron chi connectivity index (χ1n) is 8.56. The van der Waals surface area contributed by atoms with Crippen LogP contribution in [0.2, 0.25) is 0 Å². The maximum atomic E-state index is 12.4. The SMILES string of the molecule is CC[C@H]1c2ccsc2CCN1CC(=O)N[C@@H]1CCCCNC1=O. The fraction of sp³-hybridized carbons (Fsp3) is 0.647. The first kappa shape index (κ1) is 16.5. The van der Waals surface area contributed by atoms with Gasteiger partial charge < -0.3 is 10.6 Å². The van der Waals surface area contributed by atoms with Gasteiger partial charge in [-0.05, 0) is 49.1 Å². The summed E-state index contributed by atoms with van der Waals surface area (Å²) in [5, 5.41) is 7.94. The fourth-order valence-corrected chi connectivity index (χ4v) is 4.55. The molecule has 5 nitrogen and oxygen atoms in total. The number of fused-ring (bicyclic) bond motifs is 1. The van der Waals surface area contributed by atoms with Crippen molar-refractivity contribution in [1.82, 2.24) is 15.5 Å². The minimum absolute atomic E-state index is 0.0378. The van der Waals surface area contributed by atoms with Crippen molar-refractivity contribution in [3.8, 4) is 0 Å². The third-order valence-electron chi connectivity index (χ3n) is 4.81. The van der Waals surface area contributed by atoms with E-state index in [4.69, 9.17) is 0 Å². The number of thiophene rings is 1. The summed E-state index contributed by atoms with van der Waals surface area (Å²) in [5.74, 6) is -0.0779. The van der Waals surface area contributed by atoms with Crippen molar-refractivity contribution in [2.75, 3.05) is 19.6 Å². The van der Waals surface area contributed by atoms with Crippen LogP contribution in [0.3, 0.4) is 0 Å². The minimum atomic E-state index is -0.369. The monoisotopic (exact) mass is 335 g/mol. The van der Waals surface area contributed by atoms with Crippen LogP contribution in [0.4, 0.5) is 0 Å². The van der Waals surface area contributed by atoms with Gasteiger partial charge in [0.1, 0.15) is 6.04 Å². The molecule has 6 heteroatoms. The van der Waals surface area contributed by atoms with Crippen molar-refractivity contribution < 1.29 is 9.59 Å². The molecule has 0 aliphatic carbocycles. The summed E-state index contributed by atoms with van der Waals surface area (Å²) in [5.41, 5.74) is 1.38. The Hall–Kier alpha value is -1.40. The quantitative estimate of drug-likeness (QED) is 0.883. The van der Waals surface area contributed by atoms with E-state index in [1.165, 1.54) is 10.4 Å². The molecule has 0 aromatic carbocycles. The van der Waals surface area contributed by atoms with Crippen molar-refractivity contribution in [3.05, 3.63) is 21.9 Å². The Morgan fingerprint density at radius 1 is 1.48 bits per heavy atom. The molecule has 3 rings (SSSR count). The largest absolute Gasteiger partial charge is 0.354 e. The molecular weight excluding hydrogens is 310 g/mol. The summed E-state index contributed by atoms with van der Waals surface area (Å²) >= 11 is 1.82. The van der Waals surface area contributed by atoms with E-state index in [9.17, 15) is 9.59 Å². The van der Waals surface area contributed by atoms with E-state index in [0.717, 1.165) is 45.2 Å². The lowest BCUT2D eigenvalue weighted by Crippen LogP contribution is -2.49. The molecular formula is C17H25N3O2S. The van der Waals surface area contributed by atoms with Crippen LogP contribution in [0.5, 0.6) is 0 Å². The molecule has 23 heavy (non-hydrogen) atoms. The first-order valence-corrected chi connectivity index (χ1v) is 9.44. The number of carbonyl (C=O) groups is 2. The molecule has 2 aliphatic rings. The zero-order chi connectivity index (χ0) is 16.2. The van der Waals surface area contributed by atoms with E-state index >= 15 is 0 Å². The summed E-state index contributed by atoms with van der Waals surface area (Å²) < 4.78 is 0. The van der Waals surface area contributed by atoms with E-state index in [0.29, 0.717) is 12.6 Å². The van der Waals surface area contributed by atoms with Crippen molar-refractivity contribution in [3.63, 3.8) is 0 Å². The Bertz CT molecular complexity index is 572. The van der Waals surface area contributed by atoms with Crippen LogP contribution in [0, 0.1) is 0 Å². The van der Waals surface area contributed by atoms with Gasteiger partial charge >= 0.3 is 0 Å². The lowest BCUT2D eigenvalue weighted by atomic mass is 9.98. The molecule has 2 aliphatic heterocycles. The molecule has 2 N–H and O–H groups in total. The highest BCUT2D eigenvalue weighted by molar-refractivity contribution is 7.10. The van der Waals surface area contributed by atoms with Crippen LogP contribution >= 0.6 is 11.3 Å². The van der Waals surface area contributed by atoms with Crippen molar-refractivity contribution in [1.29, 1.82) is 0 Å². The average Bonchev–Trinajstić information content (AvgIpc) is 2.92. The van der Waals surface area contributed by atoms with E-state index in [1.807, 2.05) is 11.3 Å². The van der Waals surface area contributed by atoms with Crippen LogP contribution in [0.25, 0.3) is 0 Å². The molecule has 0 unspecified atom stereocenters. The highest BCUT2D eigenvalue weighted by Gasteiger charge is 2.29. The molecule has 1 saturated heterocycles. The molecule has 3 heterocycles. The highest BCUT2D eigenvalue weighted by atomic mass is 32.1. The van der Waals surface area contributed by atoms with Crippen LogP contribution in [0.15, 0.2) is 11.4 Å². The Labute approximate surface area is 141 Å². The van der Waals surface area contributed by atoms with Gasteiger partial charge in [0, 0.05) is 24.0 Å². The molecule has 1 fully saturated rings. The topological polar surface area (TPSA) is 61.4 Å². The zero-order valence-corrected chi connectivity index (χ0v) is 14.5. The van der Waals surface area contributed by atoms with Crippen LogP contribution in [0.1, 0.15) is 49.1 Å². The minimum Gasteiger partial charge on any atom is -0.354 e. The molecule has 2 atom stereocenters. The average molecular weight is 335 g/mol. The maximum Gasteiger partial charge on any atom is 0.242 e. The highest BCUT2D eigenvalue weighted by Crippen LogP contribution is 2.34.